The first-order valence-electron chi connectivity index (χ1n) is 9.96. The van der Waals surface area contributed by atoms with Gasteiger partial charge in [0.2, 0.25) is 0 Å². The normalized spacial score (nSPS) is 13.6. The first kappa shape index (κ1) is 19.6. The van der Waals surface area contributed by atoms with E-state index < -0.39 is 0 Å². The lowest BCUT2D eigenvalue weighted by Crippen LogP contribution is -2.19. The van der Waals surface area contributed by atoms with Crippen molar-refractivity contribution in [1.82, 2.24) is 10.2 Å². The van der Waals surface area contributed by atoms with Crippen LogP contribution in [0, 0.1) is 5.41 Å². The van der Waals surface area contributed by atoms with E-state index >= 15 is 0 Å². The van der Waals surface area contributed by atoms with Gasteiger partial charge in [-0.1, -0.05) is 48.2 Å². The predicted octanol–water partition coefficient (Wildman–Crippen LogP) is 4.39. The molecular formula is C23H25N5S. The fourth-order valence-electron chi connectivity index (χ4n) is 3.59. The Morgan fingerprint density at radius 2 is 1.86 bits per heavy atom. The second kappa shape index (κ2) is 9.20. The van der Waals surface area contributed by atoms with Gasteiger partial charge in [0.15, 0.2) is 5.82 Å². The van der Waals surface area contributed by atoms with E-state index in [-0.39, 0.29) is 0 Å². The van der Waals surface area contributed by atoms with Crippen molar-refractivity contribution >= 4 is 23.8 Å². The van der Waals surface area contributed by atoms with Gasteiger partial charge in [0.1, 0.15) is 0 Å². The molecule has 6 heteroatoms. The van der Waals surface area contributed by atoms with Crippen LogP contribution in [0.15, 0.2) is 64.5 Å². The maximum absolute atomic E-state index is 7.64. The topological polar surface area (TPSA) is 78.9 Å². The standard InChI is InChI=1S/C23H25N5S/c24-10-9-17-3-6-19(7-4-17)21-8-5-18(15-25)13-22(21)29-20-14-23(27-26-16-20)28-11-1-2-12-28/h3-8,13-16,25H,1-2,9-12,24H2. The molecule has 3 aromatic rings. The molecule has 1 saturated heterocycles. The van der Waals surface area contributed by atoms with Crippen molar-refractivity contribution in [2.24, 2.45) is 5.73 Å². The Bertz CT molecular complexity index is 981. The largest absolute Gasteiger partial charge is 0.355 e. The van der Waals surface area contributed by atoms with Crippen LogP contribution in [0.4, 0.5) is 5.82 Å². The van der Waals surface area contributed by atoms with Crippen molar-refractivity contribution in [3.8, 4) is 11.1 Å². The molecule has 0 amide bonds. The molecule has 0 atom stereocenters. The Kier molecular flexibility index (Phi) is 6.22. The van der Waals surface area contributed by atoms with Gasteiger partial charge in [0.05, 0.1) is 6.20 Å². The Hall–Kier alpha value is -2.70. The third-order valence-corrected chi connectivity index (χ3v) is 6.16. The van der Waals surface area contributed by atoms with Crippen LogP contribution in [0.5, 0.6) is 0 Å². The molecule has 0 spiro atoms. The van der Waals surface area contributed by atoms with Crippen molar-refractivity contribution in [3.63, 3.8) is 0 Å². The average Bonchev–Trinajstić information content (AvgIpc) is 3.30. The first-order chi connectivity index (χ1) is 14.3. The summed E-state index contributed by atoms with van der Waals surface area (Å²) in [6, 6.07) is 16.8. The summed E-state index contributed by atoms with van der Waals surface area (Å²) < 4.78 is 0. The van der Waals surface area contributed by atoms with Gasteiger partial charge < -0.3 is 16.0 Å². The number of hydrogen-bond donors (Lipinski definition) is 2. The van der Waals surface area contributed by atoms with Gasteiger partial charge in [-0.15, -0.1) is 5.10 Å². The number of aromatic nitrogens is 2. The Balaban J connectivity index is 1.65. The Labute approximate surface area is 175 Å². The van der Waals surface area contributed by atoms with Gasteiger partial charge >= 0.3 is 0 Å². The number of hydrogen-bond acceptors (Lipinski definition) is 6. The van der Waals surface area contributed by atoms with Crippen LogP contribution in [0.1, 0.15) is 24.0 Å². The van der Waals surface area contributed by atoms with E-state index in [0.717, 1.165) is 51.8 Å². The van der Waals surface area contributed by atoms with E-state index in [1.165, 1.54) is 24.6 Å². The van der Waals surface area contributed by atoms with E-state index in [2.05, 4.69) is 57.6 Å². The summed E-state index contributed by atoms with van der Waals surface area (Å²) in [5.74, 6) is 0.948. The molecule has 2 heterocycles. The maximum Gasteiger partial charge on any atom is 0.152 e. The molecule has 0 radical (unpaired) electrons. The molecule has 4 rings (SSSR count). The zero-order valence-corrected chi connectivity index (χ0v) is 17.2. The molecular weight excluding hydrogens is 378 g/mol. The molecule has 148 valence electrons. The highest BCUT2D eigenvalue weighted by molar-refractivity contribution is 7.99. The van der Waals surface area contributed by atoms with Crippen molar-refractivity contribution in [3.05, 3.63) is 65.9 Å². The molecule has 1 aliphatic rings. The number of anilines is 1. The molecule has 1 aliphatic heterocycles. The zero-order valence-electron chi connectivity index (χ0n) is 16.3. The summed E-state index contributed by atoms with van der Waals surface area (Å²) in [6.07, 6.45) is 6.51. The quantitative estimate of drug-likeness (QED) is 0.572. The minimum Gasteiger partial charge on any atom is -0.355 e. The van der Waals surface area contributed by atoms with Crippen LogP contribution in [-0.4, -0.2) is 36.0 Å². The summed E-state index contributed by atoms with van der Waals surface area (Å²) in [6.45, 7) is 2.75. The molecule has 0 bridgehead atoms. The molecule has 3 N–H and O–H groups in total. The van der Waals surface area contributed by atoms with Gasteiger partial charge in [0, 0.05) is 29.1 Å². The molecule has 2 aromatic carbocycles. The van der Waals surface area contributed by atoms with Crippen molar-refractivity contribution < 1.29 is 0 Å². The van der Waals surface area contributed by atoms with Gasteiger partial charge in [-0.2, -0.15) is 5.10 Å². The van der Waals surface area contributed by atoms with Gasteiger partial charge in [-0.05, 0) is 60.2 Å². The monoisotopic (exact) mass is 403 g/mol. The van der Waals surface area contributed by atoms with Crippen LogP contribution in [0.3, 0.4) is 0 Å². The molecule has 29 heavy (non-hydrogen) atoms. The van der Waals surface area contributed by atoms with Crippen LogP contribution < -0.4 is 10.6 Å². The second-order valence-corrected chi connectivity index (χ2v) is 8.30. The second-order valence-electron chi connectivity index (χ2n) is 7.18. The highest BCUT2D eigenvalue weighted by Crippen LogP contribution is 2.37. The minimum absolute atomic E-state index is 0.656. The third-order valence-electron chi connectivity index (χ3n) is 5.14. The van der Waals surface area contributed by atoms with Crippen molar-refractivity contribution in [2.75, 3.05) is 24.5 Å². The van der Waals surface area contributed by atoms with Crippen molar-refractivity contribution in [1.29, 1.82) is 5.41 Å². The van der Waals surface area contributed by atoms with E-state index in [4.69, 9.17) is 11.1 Å². The highest BCUT2D eigenvalue weighted by atomic mass is 32.2. The molecule has 5 nitrogen and oxygen atoms in total. The Morgan fingerprint density at radius 1 is 1.07 bits per heavy atom. The van der Waals surface area contributed by atoms with Crippen LogP contribution in [-0.2, 0) is 6.42 Å². The summed E-state index contributed by atoms with van der Waals surface area (Å²) in [7, 11) is 0. The lowest BCUT2D eigenvalue weighted by Gasteiger charge is -2.16. The fourth-order valence-corrected chi connectivity index (χ4v) is 4.60. The van der Waals surface area contributed by atoms with E-state index in [1.807, 2.05) is 12.3 Å². The van der Waals surface area contributed by atoms with Crippen molar-refractivity contribution in [2.45, 2.75) is 29.1 Å². The van der Waals surface area contributed by atoms with Gasteiger partial charge in [0.25, 0.3) is 0 Å². The van der Waals surface area contributed by atoms with Crippen LogP contribution in [0.25, 0.3) is 11.1 Å². The minimum atomic E-state index is 0.656. The summed E-state index contributed by atoms with van der Waals surface area (Å²) in [5.41, 5.74) is 10.1. The summed E-state index contributed by atoms with van der Waals surface area (Å²) in [5, 5.41) is 16.2. The molecule has 1 aromatic heterocycles. The number of nitrogens with zero attached hydrogens (tertiary/aromatic N) is 3. The van der Waals surface area contributed by atoms with E-state index in [9.17, 15) is 0 Å². The lowest BCUT2D eigenvalue weighted by molar-refractivity contribution is 0.881. The summed E-state index contributed by atoms with van der Waals surface area (Å²) >= 11 is 1.67. The zero-order chi connectivity index (χ0) is 20.1. The Morgan fingerprint density at radius 3 is 2.59 bits per heavy atom. The summed E-state index contributed by atoms with van der Waals surface area (Å²) in [4.78, 5) is 4.46. The third kappa shape index (κ3) is 4.66. The maximum atomic E-state index is 7.64. The smallest absolute Gasteiger partial charge is 0.152 e. The van der Waals surface area contributed by atoms with E-state index in [1.54, 1.807) is 11.8 Å². The SMILES string of the molecule is N=Cc1ccc(-c2ccc(CCN)cc2)c(Sc2cnnc(N3CCCC3)c2)c1. The van der Waals surface area contributed by atoms with Crippen LogP contribution in [0.2, 0.25) is 0 Å². The highest BCUT2D eigenvalue weighted by Gasteiger charge is 2.15. The number of nitrogens with two attached hydrogens (primary N) is 1. The number of nitrogens with one attached hydrogen (secondary N) is 1. The first-order valence-corrected chi connectivity index (χ1v) is 10.8. The average molecular weight is 404 g/mol. The number of rotatable bonds is 7. The molecule has 1 fully saturated rings. The predicted molar refractivity (Wildman–Crippen MR) is 120 cm³/mol. The molecule has 0 aliphatic carbocycles. The van der Waals surface area contributed by atoms with Gasteiger partial charge in [-0.25, -0.2) is 0 Å². The lowest BCUT2D eigenvalue weighted by atomic mass is 10.0. The fraction of sp³-hybridized carbons (Fsp3) is 0.261. The van der Waals surface area contributed by atoms with Gasteiger partial charge in [-0.3, -0.25) is 0 Å². The molecule has 0 unspecified atom stereocenters. The van der Waals surface area contributed by atoms with Crippen LogP contribution >= 0.6 is 11.8 Å². The van der Waals surface area contributed by atoms with E-state index in [0.29, 0.717) is 6.54 Å². The number of benzene rings is 2. The molecule has 0 saturated carbocycles.